The van der Waals surface area contributed by atoms with Gasteiger partial charge >= 0.3 is 0 Å². The van der Waals surface area contributed by atoms with Crippen molar-refractivity contribution >= 4 is 17.3 Å². The molecular weight excluding hydrogens is 266 g/mol. The highest BCUT2D eigenvalue weighted by Gasteiger charge is 2.27. The number of morpholine rings is 1. The molecule has 0 radical (unpaired) electrons. The van der Waals surface area contributed by atoms with E-state index in [1.807, 2.05) is 19.1 Å². The second kappa shape index (κ2) is 6.80. The summed E-state index contributed by atoms with van der Waals surface area (Å²) >= 11 is 0. The first kappa shape index (κ1) is 15.6. The van der Waals surface area contributed by atoms with Crippen LogP contribution in [0.4, 0.5) is 11.4 Å². The average Bonchev–Trinajstić information content (AvgIpc) is 2.48. The van der Waals surface area contributed by atoms with Crippen LogP contribution in [0.1, 0.15) is 37.6 Å². The van der Waals surface area contributed by atoms with Crippen LogP contribution in [0.2, 0.25) is 0 Å². The molecule has 0 aromatic heterocycles. The normalized spacial score (nSPS) is 22.1. The third kappa shape index (κ3) is 3.47. The van der Waals surface area contributed by atoms with Gasteiger partial charge in [-0.05, 0) is 38.5 Å². The SMILES string of the molecule is CCNC(=O)c1ccc(N)c(N2CC(C)OCC2CC)c1. The fraction of sp³-hybridized carbons (Fsp3) is 0.562. The van der Waals surface area contributed by atoms with Crippen molar-refractivity contribution in [2.45, 2.75) is 39.3 Å². The lowest BCUT2D eigenvalue weighted by Gasteiger charge is -2.40. The number of nitrogen functional groups attached to an aromatic ring is 1. The number of amides is 1. The summed E-state index contributed by atoms with van der Waals surface area (Å²) in [7, 11) is 0. The van der Waals surface area contributed by atoms with Gasteiger partial charge < -0.3 is 20.7 Å². The Bertz CT molecular complexity index is 504. The first-order valence-corrected chi connectivity index (χ1v) is 7.62. The Hall–Kier alpha value is -1.75. The number of carbonyl (C=O) groups excluding carboxylic acids is 1. The summed E-state index contributed by atoms with van der Waals surface area (Å²) in [6.45, 7) is 8.21. The maximum absolute atomic E-state index is 12.0. The molecule has 1 fully saturated rings. The van der Waals surface area contributed by atoms with Gasteiger partial charge in [0.05, 0.1) is 30.1 Å². The molecule has 2 atom stereocenters. The van der Waals surface area contributed by atoms with E-state index in [9.17, 15) is 4.79 Å². The molecule has 1 aliphatic heterocycles. The summed E-state index contributed by atoms with van der Waals surface area (Å²) in [4.78, 5) is 14.3. The number of benzene rings is 1. The molecule has 1 saturated heterocycles. The second-order valence-corrected chi connectivity index (χ2v) is 5.49. The lowest BCUT2D eigenvalue weighted by molar-refractivity contribution is 0.0300. The molecule has 0 bridgehead atoms. The van der Waals surface area contributed by atoms with Crippen molar-refractivity contribution in [1.82, 2.24) is 5.32 Å². The maximum Gasteiger partial charge on any atom is 0.251 e. The summed E-state index contributed by atoms with van der Waals surface area (Å²) in [5.74, 6) is -0.0619. The van der Waals surface area contributed by atoms with E-state index in [-0.39, 0.29) is 12.0 Å². The Morgan fingerprint density at radius 2 is 2.24 bits per heavy atom. The van der Waals surface area contributed by atoms with Crippen molar-refractivity contribution in [3.8, 4) is 0 Å². The number of ether oxygens (including phenoxy) is 1. The second-order valence-electron chi connectivity index (χ2n) is 5.49. The van der Waals surface area contributed by atoms with Crippen LogP contribution in [0.15, 0.2) is 18.2 Å². The van der Waals surface area contributed by atoms with Crippen LogP contribution in [0.3, 0.4) is 0 Å². The zero-order valence-electron chi connectivity index (χ0n) is 13.1. The Balaban J connectivity index is 2.32. The topological polar surface area (TPSA) is 67.6 Å². The molecule has 1 amide bonds. The minimum atomic E-state index is -0.0619. The molecule has 0 aliphatic carbocycles. The van der Waals surface area contributed by atoms with Crippen molar-refractivity contribution < 1.29 is 9.53 Å². The van der Waals surface area contributed by atoms with Crippen LogP contribution < -0.4 is 16.0 Å². The fourth-order valence-electron chi connectivity index (χ4n) is 2.67. The number of hydrogen-bond donors (Lipinski definition) is 2. The zero-order valence-corrected chi connectivity index (χ0v) is 13.1. The van der Waals surface area contributed by atoms with Gasteiger partial charge in [-0.1, -0.05) is 6.92 Å². The molecule has 5 heteroatoms. The molecule has 3 N–H and O–H groups in total. The minimum absolute atomic E-state index is 0.0619. The van der Waals surface area contributed by atoms with Gasteiger partial charge in [-0.15, -0.1) is 0 Å². The summed E-state index contributed by atoms with van der Waals surface area (Å²) in [6.07, 6.45) is 1.15. The predicted molar refractivity (Wildman–Crippen MR) is 85.7 cm³/mol. The molecule has 1 aromatic rings. The van der Waals surface area contributed by atoms with Crippen LogP contribution in [0.25, 0.3) is 0 Å². The fourth-order valence-corrected chi connectivity index (χ4v) is 2.67. The Labute approximate surface area is 126 Å². The smallest absolute Gasteiger partial charge is 0.251 e. The zero-order chi connectivity index (χ0) is 15.4. The molecule has 1 aromatic carbocycles. The summed E-state index contributed by atoms with van der Waals surface area (Å²) < 4.78 is 5.73. The number of nitrogens with one attached hydrogen (secondary N) is 1. The predicted octanol–water partition coefficient (Wildman–Crippen LogP) is 2.02. The number of anilines is 2. The molecular formula is C16H25N3O2. The Morgan fingerprint density at radius 1 is 1.48 bits per heavy atom. The molecule has 1 aliphatic rings. The number of rotatable bonds is 4. The van der Waals surface area contributed by atoms with Gasteiger partial charge in [-0.25, -0.2) is 0 Å². The highest BCUT2D eigenvalue weighted by atomic mass is 16.5. The molecule has 1 heterocycles. The van der Waals surface area contributed by atoms with Crippen LogP contribution >= 0.6 is 0 Å². The van der Waals surface area contributed by atoms with Gasteiger partial charge in [0.2, 0.25) is 0 Å². The number of carbonyl (C=O) groups is 1. The van der Waals surface area contributed by atoms with Crippen molar-refractivity contribution in [2.75, 3.05) is 30.3 Å². The third-order valence-corrected chi connectivity index (χ3v) is 3.88. The lowest BCUT2D eigenvalue weighted by atomic mass is 10.1. The van der Waals surface area contributed by atoms with E-state index in [2.05, 4.69) is 24.1 Å². The van der Waals surface area contributed by atoms with Gasteiger partial charge in [-0.2, -0.15) is 0 Å². The summed E-state index contributed by atoms with van der Waals surface area (Å²) in [5.41, 5.74) is 8.43. The van der Waals surface area contributed by atoms with Crippen molar-refractivity contribution in [2.24, 2.45) is 0 Å². The van der Waals surface area contributed by atoms with Crippen LogP contribution in [0.5, 0.6) is 0 Å². The van der Waals surface area contributed by atoms with Crippen molar-refractivity contribution in [3.05, 3.63) is 23.8 Å². The van der Waals surface area contributed by atoms with E-state index >= 15 is 0 Å². The maximum atomic E-state index is 12.0. The summed E-state index contributed by atoms with van der Waals surface area (Å²) in [6, 6.07) is 5.77. The number of nitrogens with two attached hydrogens (primary N) is 1. The highest BCUT2D eigenvalue weighted by Crippen LogP contribution is 2.30. The monoisotopic (exact) mass is 291 g/mol. The largest absolute Gasteiger partial charge is 0.397 e. The van der Waals surface area contributed by atoms with Gasteiger partial charge in [0, 0.05) is 18.7 Å². The molecule has 2 unspecified atom stereocenters. The first-order chi connectivity index (χ1) is 10.1. The Kier molecular flexibility index (Phi) is 5.07. The third-order valence-electron chi connectivity index (χ3n) is 3.88. The minimum Gasteiger partial charge on any atom is -0.397 e. The lowest BCUT2D eigenvalue weighted by Crippen LogP contribution is -2.49. The number of nitrogens with zero attached hydrogens (tertiary/aromatic N) is 1. The highest BCUT2D eigenvalue weighted by molar-refractivity contribution is 5.96. The average molecular weight is 291 g/mol. The molecule has 2 rings (SSSR count). The van der Waals surface area contributed by atoms with Crippen LogP contribution in [0, 0.1) is 0 Å². The van der Waals surface area contributed by atoms with Gasteiger partial charge in [0.15, 0.2) is 0 Å². The van der Waals surface area contributed by atoms with Gasteiger partial charge in [-0.3, -0.25) is 4.79 Å². The van der Waals surface area contributed by atoms with Crippen LogP contribution in [-0.4, -0.2) is 37.7 Å². The van der Waals surface area contributed by atoms with E-state index in [4.69, 9.17) is 10.5 Å². The van der Waals surface area contributed by atoms with Gasteiger partial charge in [0.1, 0.15) is 0 Å². The molecule has 5 nitrogen and oxygen atoms in total. The van der Waals surface area contributed by atoms with E-state index in [1.54, 1.807) is 6.07 Å². The quantitative estimate of drug-likeness (QED) is 0.833. The van der Waals surface area contributed by atoms with E-state index in [0.29, 0.717) is 30.4 Å². The van der Waals surface area contributed by atoms with E-state index in [0.717, 1.165) is 18.7 Å². The van der Waals surface area contributed by atoms with Crippen LogP contribution in [-0.2, 0) is 4.74 Å². The number of hydrogen-bond acceptors (Lipinski definition) is 4. The van der Waals surface area contributed by atoms with E-state index < -0.39 is 0 Å². The van der Waals surface area contributed by atoms with Crippen molar-refractivity contribution in [1.29, 1.82) is 0 Å². The first-order valence-electron chi connectivity index (χ1n) is 7.62. The molecule has 0 spiro atoms. The van der Waals surface area contributed by atoms with Crippen molar-refractivity contribution in [3.63, 3.8) is 0 Å². The molecule has 116 valence electrons. The standard InChI is InChI=1S/C16H25N3O2/c1-4-13-10-21-11(3)9-19(13)15-8-12(6-7-14(15)17)16(20)18-5-2/h6-8,11,13H,4-5,9-10,17H2,1-3H3,(H,18,20). The Morgan fingerprint density at radius 3 is 2.90 bits per heavy atom. The van der Waals surface area contributed by atoms with Gasteiger partial charge in [0.25, 0.3) is 5.91 Å². The molecule has 0 saturated carbocycles. The molecule has 21 heavy (non-hydrogen) atoms. The van der Waals surface area contributed by atoms with E-state index in [1.165, 1.54) is 0 Å². The summed E-state index contributed by atoms with van der Waals surface area (Å²) in [5, 5.41) is 2.82.